The number of hydrogen-bond donors (Lipinski definition) is 0. The first-order valence-electron chi connectivity index (χ1n) is 4.79. The van der Waals surface area contributed by atoms with Gasteiger partial charge in [0.25, 0.3) is 0 Å². The highest BCUT2D eigenvalue weighted by molar-refractivity contribution is 6.33. The Labute approximate surface area is 95.4 Å². The summed E-state index contributed by atoms with van der Waals surface area (Å²) in [5, 5.41) is 1.13. The van der Waals surface area contributed by atoms with Crippen molar-refractivity contribution in [2.75, 3.05) is 0 Å². The minimum absolute atomic E-state index is 0.0449. The lowest BCUT2D eigenvalue weighted by Crippen LogP contribution is -2.18. The van der Waals surface area contributed by atoms with Gasteiger partial charge in [-0.2, -0.15) is 0 Å². The standard InChI is InChI=1S/C11H15Cl2N/c1-4-5-11(2,3)9-6-8(12)7-10(13)14-9/h6-7H,4-5H2,1-3H3. The van der Waals surface area contributed by atoms with Crippen molar-refractivity contribution < 1.29 is 0 Å². The van der Waals surface area contributed by atoms with Gasteiger partial charge in [-0.3, -0.25) is 0 Å². The summed E-state index contributed by atoms with van der Waals surface area (Å²) in [5.74, 6) is 0. The summed E-state index contributed by atoms with van der Waals surface area (Å²) in [5.41, 5.74) is 1.01. The van der Waals surface area contributed by atoms with Crippen LogP contribution in [0, 0.1) is 0 Å². The maximum absolute atomic E-state index is 5.93. The highest BCUT2D eigenvalue weighted by Crippen LogP contribution is 2.29. The average Bonchev–Trinajstić information content (AvgIpc) is 2.02. The second-order valence-electron chi connectivity index (χ2n) is 4.13. The molecule has 0 saturated heterocycles. The zero-order chi connectivity index (χ0) is 10.8. The fourth-order valence-electron chi connectivity index (χ4n) is 1.57. The lowest BCUT2D eigenvalue weighted by molar-refractivity contribution is 0.460. The van der Waals surface area contributed by atoms with Crippen molar-refractivity contribution in [3.8, 4) is 0 Å². The lowest BCUT2D eigenvalue weighted by atomic mass is 9.84. The van der Waals surface area contributed by atoms with Crippen LogP contribution in [0.25, 0.3) is 0 Å². The van der Waals surface area contributed by atoms with Gasteiger partial charge in [-0.1, -0.05) is 50.4 Å². The van der Waals surface area contributed by atoms with Gasteiger partial charge in [0, 0.05) is 16.1 Å². The van der Waals surface area contributed by atoms with Crippen molar-refractivity contribution in [3.63, 3.8) is 0 Å². The van der Waals surface area contributed by atoms with Crippen LogP contribution in [0.4, 0.5) is 0 Å². The van der Waals surface area contributed by atoms with Crippen LogP contribution >= 0.6 is 23.2 Å². The highest BCUT2D eigenvalue weighted by atomic mass is 35.5. The Bertz CT molecular complexity index is 301. The maximum Gasteiger partial charge on any atom is 0.130 e. The van der Waals surface area contributed by atoms with Crippen LogP contribution in [0.3, 0.4) is 0 Å². The van der Waals surface area contributed by atoms with E-state index in [-0.39, 0.29) is 5.41 Å². The molecule has 3 heteroatoms. The van der Waals surface area contributed by atoms with Crippen molar-refractivity contribution in [2.45, 2.75) is 39.0 Å². The monoisotopic (exact) mass is 231 g/mol. The molecule has 0 spiro atoms. The molecule has 0 aliphatic rings. The van der Waals surface area contributed by atoms with Crippen molar-refractivity contribution >= 4 is 23.2 Å². The predicted molar refractivity (Wildman–Crippen MR) is 62.2 cm³/mol. The van der Waals surface area contributed by atoms with E-state index in [0.717, 1.165) is 18.5 Å². The molecule has 0 aromatic carbocycles. The Balaban J connectivity index is 3.05. The summed E-state index contributed by atoms with van der Waals surface area (Å²) in [6, 6.07) is 3.55. The van der Waals surface area contributed by atoms with Crippen molar-refractivity contribution in [2.24, 2.45) is 0 Å². The minimum atomic E-state index is 0.0449. The predicted octanol–water partition coefficient (Wildman–Crippen LogP) is 4.47. The molecule has 1 heterocycles. The number of nitrogens with zero attached hydrogens (tertiary/aromatic N) is 1. The zero-order valence-electron chi connectivity index (χ0n) is 8.77. The van der Waals surface area contributed by atoms with E-state index >= 15 is 0 Å². The van der Waals surface area contributed by atoms with Gasteiger partial charge in [-0.25, -0.2) is 4.98 Å². The fourth-order valence-corrected chi connectivity index (χ4v) is 2.04. The van der Waals surface area contributed by atoms with Crippen LogP contribution in [0.5, 0.6) is 0 Å². The van der Waals surface area contributed by atoms with Crippen LogP contribution in [-0.2, 0) is 5.41 Å². The molecule has 1 rings (SSSR count). The van der Waals surface area contributed by atoms with Gasteiger partial charge >= 0.3 is 0 Å². The van der Waals surface area contributed by atoms with Crippen LogP contribution in [-0.4, -0.2) is 4.98 Å². The highest BCUT2D eigenvalue weighted by Gasteiger charge is 2.21. The van der Waals surface area contributed by atoms with Gasteiger partial charge in [0.05, 0.1) is 0 Å². The van der Waals surface area contributed by atoms with E-state index in [1.54, 1.807) is 6.07 Å². The summed E-state index contributed by atoms with van der Waals surface area (Å²) >= 11 is 11.8. The minimum Gasteiger partial charge on any atom is -0.240 e. The van der Waals surface area contributed by atoms with Gasteiger partial charge in [-0.05, 0) is 18.6 Å². The Morgan fingerprint density at radius 2 is 1.93 bits per heavy atom. The van der Waals surface area contributed by atoms with Crippen molar-refractivity contribution in [1.29, 1.82) is 0 Å². The Morgan fingerprint density at radius 1 is 1.29 bits per heavy atom. The quantitative estimate of drug-likeness (QED) is 0.701. The van der Waals surface area contributed by atoms with Gasteiger partial charge < -0.3 is 0 Å². The fraction of sp³-hybridized carbons (Fsp3) is 0.545. The number of hydrogen-bond acceptors (Lipinski definition) is 1. The van der Waals surface area contributed by atoms with Crippen LogP contribution in [0.1, 0.15) is 39.3 Å². The van der Waals surface area contributed by atoms with E-state index < -0.39 is 0 Å². The molecule has 0 radical (unpaired) electrons. The Morgan fingerprint density at radius 3 is 2.43 bits per heavy atom. The number of rotatable bonds is 3. The molecular formula is C11H15Cl2N. The van der Waals surface area contributed by atoms with Gasteiger partial charge in [0.1, 0.15) is 5.15 Å². The van der Waals surface area contributed by atoms with Crippen LogP contribution < -0.4 is 0 Å². The third kappa shape index (κ3) is 2.86. The second kappa shape index (κ2) is 4.50. The summed E-state index contributed by atoms with van der Waals surface area (Å²) in [6.07, 6.45) is 2.20. The smallest absolute Gasteiger partial charge is 0.130 e. The third-order valence-corrected chi connectivity index (χ3v) is 2.74. The number of pyridine rings is 1. The molecule has 0 atom stereocenters. The van der Waals surface area contributed by atoms with Crippen LogP contribution in [0.2, 0.25) is 10.2 Å². The third-order valence-electron chi connectivity index (χ3n) is 2.33. The molecular weight excluding hydrogens is 217 g/mol. The van der Waals surface area contributed by atoms with E-state index in [0.29, 0.717) is 10.2 Å². The van der Waals surface area contributed by atoms with E-state index in [2.05, 4.69) is 25.8 Å². The van der Waals surface area contributed by atoms with Gasteiger partial charge in [0.2, 0.25) is 0 Å². The summed E-state index contributed by atoms with van der Waals surface area (Å²) in [4.78, 5) is 4.31. The molecule has 1 aromatic heterocycles. The molecule has 0 bridgehead atoms. The first kappa shape index (κ1) is 11.8. The number of halogens is 2. The molecule has 0 aliphatic heterocycles. The largest absolute Gasteiger partial charge is 0.240 e. The molecule has 0 unspecified atom stereocenters. The normalized spacial score (nSPS) is 11.8. The van der Waals surface area contributed by atoms with E-state index in [1.807, 2.05) is 6.07 Å². The summed E-state index contributed by atoms with van der Waals surface area (Å²) < 4.78 is 0. The zero-order valence-corrected chi connectivity index (χ0v) is 10.3. The summed E-state index contributed by atoms with van der Waals surface area (Å²) in [6.45, 7) is 6.48. The summed E-state index contributed by atoms with van der Waals surface area (Å²) in [7, 11) is 0. The first-order chi connectivity index (χ1) is 6.45. The van der Waals surface area contributed by atoms with Gasteiger partial charge in [-0.15, -0.1) is 0 Å². The van der Waals surface area contributed by atoms with E-state index in [9.17, 15) is 0 Å². The molecule has 14 heavy (non-hydrogen) atoms. The molecule has 0 fully saturated rings. The molecule has 78 valence electrons. The topological polar surface area (TPSA) is 12.9 Å². The molecule has 0 aliphatic carbocycles. The second-order valence-corrected chi connectivity index (χ2v) is 4.95. The molecule has 1 aromatic rings. The Hall–Kier alpha value is -0.270. The van der Waals surface area contributed by atoms with E-state index in [1.165, 1.54) is 0 Å². The molecule has 0 saturated carbocycles. The number of aromatic nitrogens is 1. The molecule has 0 N–H and O–H groups in total. The van der Waals surface area contributed by atoms with E-state index in [4.69, 9.17) is 23.2 Å². The first-order valence-corrected chi connectivity index (χ1v) is 5.55. The molecule has 0 amide bonds. The lowest BCUT2D eigenvalue weighted by Gasteiger charge is -2.23. The van der Waals surface area contributed by atoms with Crippen molar-refractivity contribution in [3.05, 3.63) is 28.0 Å². The average molecular weight is 232 g/mol. The maximum atomic E-state index is 5.93. The van der Waals surface area contributed by atoms with Crippen LogP contribution in [0.15, 0.2) is 12.1 Å². The van der Waals surface area contributed by atoms with Crippen molar-refractivity contribution in [1.82, 2.24) is 4.98 Å². The molecule has 1 nitrogen and oxygen atoms in total. The SMILES string of the molecule is CCCC(C)(C)c1cc(Cl)cc(Cl)n1. The Kier molecular flexibility index (Phi) is 3.79. The van der Waals surface area contributed by atoms with Gasteiger partial charge in [0.15, 0.2) is 0 Å².